The van der Waals surface area contributed by atoms with Gasteiger partial charge in [0.25, 0.3) is 0 Å². The molecule has 0 aliphatic heterocycles. The number of carbonyl (C=O) groups excluding carboxylic acids is 1. The van der Waals surface area contributed by atoms with E-state index in [2.05, 4.69) is 20.8 Å². The van der Waals surface area contributed by atoms with Gasteiger partial charge in [0.1, 0.15) is 23.9 Å². The van der Waals surface area contributed by atoms with E-state index in [-0.39, 0.29) is 0 Å². The fraction of sp³-hybridized carbons (Fsp3) is 0.312. The second-order valence-electron chi connectivity index (χ2n) is 4.60. The number of hydrogen-bond acceptors (Lipinski definition) is 7. The van der Waals surface area contributed by atoms with Gasteiger partial charge in [-0.05, 0) is 43.3 Å². The molecule has 0 unspecified atom stereocenters. The lowest BCUT2D eigenvalue weighted by molar-refractivity contribution is 0.168. The van der Waals surface area contributed by atoms with Crippen molar-refractivity contribution in [2.75, 3.05) is 37.5 Å². The van der Waals surface area contributed by atoms with Crippen molar-refractivity contribution in [2.45, 2.75) is 6.92 Å². The smallest absolute Gasteiger partial charge is 0.412 e. The summed E-state index contributed by atoms with van der Waals surface area (Å²) in [6.45, 7) is 3.06. The number of rotatable bonds is 8. The molecule has 0 aliphatic rings. The van der Waals surface area contributed by atoms with E-state index in [0.29, 0.717) is 31.4 Å². The Morgan fingerprint density at radius 1 is 1.04 bits per heavy atom. The summed E-state index contributed by atoms with van der Waals surface area (Å²) in [7, 11) is 1.62. The Labute approximate surface area is 140 Å². The lowest BCUT2D eigenvalue weighted by atomic mass is 10.3. The summed E-state index contributed by atoms with van der Waals surface area (Å²) in [6, 6.07) is 10.7. The third kappa shape index (κ3) is 5.64. The predicted octanol–water partition coefficient (Wildman–Crippen LogP) is 2.54. The van der Waals surface area contributed by atoms with Gasteiger partial charge in [-0.25, -0.2) is 4.79 Å². The molecule has 2 rings (SSSR count). The van der Waals surface area contributed by atoms with E-state index in [1.165, 1.54) is 0 Å². The third-order valence-electron chi connectivity index (χ3n) is 2.91. The number of aromatic nitrogens is 2. The number of nitrogens with zero attached hydrogens (tertiary/aromatic N) is 2. The summed E-state index contributed by atoms with van der Waals surface area (Å²) in [5.41, 5.74) is 0. The Kier molecular flexibility index (Phi) is 6.63. The average molecular weight is 332 g/mol. The Morgan fingerprint density at radius 2 is 1.71 bits per heavy atom. The molecule has 0 spiro atoms. The van der Waals surface area contributed by atoms with Crippen LogP contribution in [0.25, 0.3) is 0 Å². The van der Waals surface area contributed by atoms with E-state index < -0.39 is 6.09 Å². The van der Waals surface area contributed by atoms with Gasteiger partial charge in [-0.1, -0.05) is 0 Å². The maximum atomic E-state index is 11.2. The van der Waals surface area contributed by atoms with Crippen molar-refractivity contribution in [2.24, 2.45) is 0 Å². The summed E-state index contributed by atoms with van der Waals surface area (Å²) in [6.07, 6.45) is -0.555. The van der Waals surface area contributed by atoms with Gasteiger partial charge in [-0.2, -0.15) is 0 Å². The molecule has 1 aromatic heterocycles. The van der Waals surface area contributed by atoms with Crippen LogP contribution in [-0.2, 0) is 4.74 Å². The quantitative estimate of drug-likeness (QED) is 0.717. The van der Waals surface area contributed by atoms with Crippen LogP contribution in [-0.4, -0.2) is 43.2 Å². The summed E-state index contributed by atoms with van der Waals surface area (Å²) in [4.78, 5) is 11.2. The number of benzene rings is 1. The Balaban J connectivity index is 1.71. The van der Waals surface area contributed by atoms with E-state index in [1.54, 1.807) is 26.2 Å². The average Bonchev–Trinajstić information content (AvgIpc) is 2.61. The number of methoxy groups -OCH3 is 1. The van der Waals surface area contributed by atoms with Crippen molar-refractivity contribution in [3.8, 4) is 11.5 Å². The molecule has 0 aliphatic carbocycles. The lowest BCUT2D eigenvalue weighted by Gasteiger charge is -2.09. The van der Waals surface area contributed by atoms with Gasteiger partial charge in [0.05, 0.1) is 20.3 Å². The van der Waals surface area contributed by atoms with Crippen molar-refractivity contribution in [1.82, 2.24) is 10.2 Å². The second kappa shape index (κ2) is 9.19. The molecule has 1 amide bonds. The summed E-state index contributed by atoms with van der Waals surface area (Å²) >= 11 is 0. The highest BCUT2D eigenvalue weighted by Crippen LogP contribution is 2.16. The van der Waals surface area contributed by atoms with Gasteiger partial charge >= 0.3 is 6.09 Å². The summed E-state index contributed by atoms with van der Waals surface area (Å²) < 4.78 is 15.4. The predicted molar refractivity (Wildman–Crippen MR) is 89.7 cm³/mol. The molecular formula is C16H20N4O4. The van der Waals surface area contributed by atoms with Crippen LogP contribution in [0.15, 0.2) is 36.4 Å². The number of nitrogens with one attached hydrogen (secondary N) is 2. The van der Waals surface area contributed by atoms with Gasteiger partial charge in [0.15, 0.2) is 5.82 Å². The molecule has 0 bridgehead atoms. The molecule has 1 heterocycles. The van der Waals surface area contributed by atoms with E-state index in [1.807, 2.05) is 24.3 Å². The van der Waals surface area contributed by atoms with Crippen LogP contribution < -0.4 is 20.1 Å². The molecule has 0 fully saturated rings. The Bertz CT molecular complexity index is 632. The SMILES string of the molecule is CCOC(=O)Nc1ccc(NCCOc2ccc(OC)cc2)nn1. The fourth-order valence-electron chi connectivity index (χ4n) is 1.78. The minimum absolute atomic E-state index is 0.299. The number of anilines is 2. The van der Waals surface area contributed by atoms with E-state index in [4.69, 9.17) is 14.2 Å². The van der Waals surface area contributed by atoms with Gasteiger partial charge in [-0.3, -0.25) is 5.32 Å². The number of carbonyl (C=O) groups is 1. The molecule has 24 heavy (non-hydrogen) atoms. The van der Waals surface area contributed by atoms with Crippen LogP contribution in [0.1, 0.15) is 6.92 Å². The maximum absolute atomic E-state index is 11.2. The molecule has 2 N–H and O–H groups in total. The van der Waals surface area contributed by atoms with Crippen molar-refractivity contribution >= 4 is 17.7 Å². The van der Waals surface area contributed by atoms with Crippen LogP contribution >= 0.6 is 0 Å². The molecule has 0 saturated heterocycles. The van der Waals surface area contributed by atoms with Crippen LogP contribution in [0, 0.1) is 0 Å². The van der Waals surface area contributed by atoms with Crippen LogP contribution in [0.4, 0.5) is 16.4 Å². The van der Waals surface area contributed by atoms with Crippen LogP contribution in [0.5, 0.6) is 11.5 Å². The molecule has 0 saturated carbocycles. The first-order valence-electron chi connectivity index (χ1n) is 7.49. The van der Waals surface area contributed by atoms with E-state index in [0.717, 1.165) is 11.5 Å². The number of ether oxygens (including phenoxy) is 3. The van der Waals surface area contributed by atoms with E-state index >= 15 is 0 Å². The molecule has 128 valence electrons. The monoisotopic (exact) mass is 332 g/mol. The second-order valence-corrected chi connectivity index (χ2v) is 4.60. The lowest BCUT2D eigenvalue weighted by Crippen LogP contribution is -2.16. The number of hydrogen-bond donors (Lipinski definition) is 2. The van der Waals surface area contributed by atoms with Gasteiger partial charge < -0.3 is 19.5 Å². The fourth-order valence-corrected chi connectivity index (χ4v) is 1.78. The normalized spacial score (nSPS) is 9.92. The highest BCUT2D eigenvalue weighted by atomic mass is 16.5. The number of amides is 1. The maximum Gasteiger partial charge on any atom is 0.412 e. The standard InChI is InChI=1S/C16H20N4O4/c1-3-23-16(21)18-15-9-8-14(19-20-15)17-10-11-24-13-6-4-12(22-2)5-7-13/h4-9H,3,10-11H2,1-2H3,(H,17,19)(H,18,20,21). The molecule has 8 nitrogen and oxygen atoms in total. The largest absolute Gasteiger partial charge is 0.497 e. The summed E-state index contributed by atoms with van der Waals surface area (Å²) in [5, 5.41) is 13.4. The Hall–Kier alpha value is -3.03. The minimum atomic E-state index is -0.555. The molecule has 0 radical (unpaired) electrons. The van der Waals surface area contributed by atoms with Crippen LogP contribution in [0.2, 0.25) is 0 Å². The first kappa shape index (κ1) is 17.3. The van der Waals surface area contributed by atoms with E-state index in [9.17, 15) is 4.79 Å². The first-order chi connectivity index (χ1) is 11.7. The highest BCUT2D eigenvalue weighted by molar-refractivity contribution is 5.83. The van der Waals surface area contributed by atoms with Gasteiger partial charge in [0, 0.05) is 0 Å². The van der Waals surface area contributed by atoms with Crippen molar-refractivity contribution in [3.63, 3.8) is 0 Å². The topological polar surface area (TPSA) is 94.6 Å². The minimum Gasteiger partial charge on any atom is -0.497 e. The Morgan fingerprint density at radius 3 is 2.33 bits per heavy atom. The zero-order valence-electron chi connectivity index (χ0n) is 13.6. The molecular weight excluding hydrogens is 312 g/mol. The van der Waals surface area contributed by atoms with Gasteiger partial charge in [-0.15, -0.1) is 10.2 Å². The van der Waals surface area contributed by atoms with Gasteiger partial charge in [0.2, 0.25) is 0 Å². The summed E-state index contributed by atoms with van der Waals surface area (Å²) in [5.74, 6) is 2.46. The highest BCUT2D eigenvalue weighted by Gasteiger charge is 2.03. The zero-order valence-corrected chi connectivity index (χ0v) is 13.6. The molecule has 8 heteroatoms. The molecule has 2 aromatic rings. The van der Waals surface area contributed by atoms with Crippen molar-refractivity contribution < 1.29 is 19.0 Å². The van der Waals surface area contributed by atoms with Crippen LogP contribution in [0.3, 0.4) is 0 Å². The van der Waals surface area contributed by atoms with Crippen molar-refractivity contribution in [3.05, 3.63) is 36.4 Å². The first-order valence-corrected chi connectivity index (χ1v) is 7.49. The molecule has 0 atom stereocenters. The third-order valence-corrected chi connectivity index (χ3v) is 2.91. The zero-order chi connectivity index (χ0) is 17.2. The van der Waals surface area contributed by atoms with Crippen molar-refractivity contribution in [1.29, 1.82) is 0 Å². The molecule has 1 aromatic carbocycles.